The average Bonchev–Trinajstić information content (AvgIpc) is 3.33. The van der Waals surface area contributed by atoms with Gasteiger partial charge in [0.05, 0.1) is 21.2 Å². The molecule has 0 saturated carbocycles. The van der Waals surface area contributed by atoms with Crippen molar-refractivity contribution >= 4 is 34.1 Å². The summed E-state index contributed by atoms with van der Waals surface area (Å²) < 4.78 is 8.06. The first kappa shape index (κ1) is 15.4. The number of thiophene rings is 1. The van der Waals surface area contributed by atoms with Gasteiger partial charge in [-0.1, -0.05) is 30.0 Å². The number of fused-ring (bicyclic) bond motifs is 1. The molecule has 0 N–H and O–H groups in total. The molecule has 7 heteroatoms. The smallest absolute Gasteiger partial charge is 0.257 e. The largest absolute Gasteiger partial charge is 0.419 e. The molecule has 0 aliphatic rings. The number of para-hydroxylation sites is 2. The third-order valence-electron chi connectivity index (χ3n) is 3.74. The van der Waals surface area contributed by atoms with E-state index in [2.05, 4.69) is 34.7 Å². The molecule has 1 atom stereocenters. The maximum atomic E-state index is 5.84. The van der Waals surface area contributed by atoms with Crippen molar-refractivity contribution in [1.82, 2.24) is 19.7 Å². The van der Waals surface area contributed by atoms with Crippen LogP contribution in [-0.4, -0.2) is 19.7 Å². The maximum absolute atomic E-state index is 5.84. The van der Waals surface area contributed by atoms with Gasteiger partial charge in [0.2, 0.25) is 5.89 Å². The minimum atomic E-state index is 0.0355. The van der Waals surface area contributed by atoms with E-state index in [1.54, 1.807) is 23.1 Å². The van der Waals surface area contributed by atoms with Gasteiger partial charge in [-0.2, -0.15) is 0 Å². The summed E-state index contributed by atoms with van der Waals surface area (Å²) in [6, 6.07) is 12.2. The Balaban J connectivity index is 1.61. The van der Waals surface area contributed by atoms with Crippen LogP contribution in [0.4, 0.5) is 0 Å². The van der Waals surface area contributed by atoms with Crippen LogP contribution in [0, 0.1) is 0 Å². The molecule has 0 spiro atoms. The summed E-state index contributed by atoms with van der Waals surface area (Å²) in [5.41, 5.74) is 2.17. The van der Waals surface area contributed by atoms with E-state index in [1.165, 1.54) is 0 Å². The summed E-state index contributed by atoms with van der Waals surface area (Å²) in [4.78, 5) is 5.74. The lowest BCUT2D eigenvalue weighted by atomic mass is 10.3. The van der Waals surface area contributed by atoms with Crippen LogP contribution in [0.5, 0.6) is 0 Å². The Morgan fingerprint density at radius 1 is 1.21 bits per heavy atom. The molecular formula is C17H16N4OS2. The zero-order valence-corrected chi connectivity index (χ0v) is 15.0. The van der Waals surface area contributed by atoms with Crippen LogP contribution in [0.25, 0.3) is 21.8 Å². The second kappa shape index (κ2) is 6.41. The molecule has 0 radical (unpaired) electrons. The Morgan fingerprint density at radius 2 is 2.08 bits per heavy atom. The molecule has 4 aromatic rings. The number of aromatic nitrogens is 4. The number of imidazole rings is 1. The first-order valence-corrected chi connectivity index (χ1v) is 9.51. The van der Waals surface area contributed by atoms with Crippen LogP contribution in [0.3, 0.4) is 0 Å². The number of nitrogens with zero attached hydrogens (tertiary/aromatic N) is 4. The molecular weight excluding hydrogens is 340 g/mol. The van der Waals surface area contributed by atoms with Gasteiger partial charge in [-0.05, 0) is 37.4 Å². The fourth-order valence-electron chi connectivity index (χ4n) is 2.56. The van der Waals surface area contributed by atoms with E-state index in [1.807, 2.05) is 35.7 Å². The van der Waals surface area contributed by atoms with E-state index < -0.39 is 0 Å². The Hall–Kier alpha value is -2.12. The van der Waals surface area contributed by atoms with Gasteiger partial charge in [0.1, 0.15) is 0 Å². The summed E-state index contributed by atoms with van der Waals surface area (Å²) in [5.74, 6) is 1.20. The molecule has 0 unspecified atom stereocenters. The summed E-state index contributed by atoms with van der Waals surface area (Å²) in [6.45, 7) is 5.07. The predicted molar refractivity (Wildman–Crippen MR) is 97.3 cm³/mol. The van der Waals surface area contributed by atoms with E-state index in [4.69, 9.17) is 9.40 Å². The van der Waals surface area contributed by atoms with Gasteiger partial charge in [0, 0.05) is 6.54 Å². The zero-order chi connectivity index (χ0) is 16.5. The topological polar surface area (TPSA) is 56.7 Å². The lowest BCUT2D eigenvalue weighted by Gasteiger charge is -2.08. The standard InChI is InChI=1S/C17H16N4OS2/c1-3-21-13-8-5-4-7-12(13)18-17(21)24-11(2)15-19-20-16(22-15)14-9-6-10-23-14/h4-11H,3H2,1-2H3/t11-/m1/s1. The molecule has 3 heterocycles. The van der Waals surface area contributed by atoms with Crippen molar-refractivity contribution in [2.75, 3.05) is 0 Å². The van der Waals surface area contributed by atoms with E-state index in [-0.39, 0.29) is 5.25 Å². The number of hydrogen-bond acceptors (Lipinski definition) is 6. The fraction of sp³-hybridized carbons (Fsp3) is 0.235. The molecule has 0 bridgehead atoms. The number of benzene rings is 1. The molecule has 24 heavy (non-hydrogen) atoms. The molecule has 0 aliphatic carbocycles. The Bertz CT molecular complexity index is 958. The van der Waals surface area contributed by atoms with E-state index in [0.717, 1.165) is 27.6 Å². The van der Waals surface area contributed by atoms with Gasteiger partial charge >= 0.3 is 0 Å². The van der Waals surface area contributed by atoms with Crippen LogP contribution >= 0.6 is 23.1 Å². The monoisotopic (exact) mass is 356 g/mol. The Kier molecular flexibility index (Phi) is 4.12. The van der Waals surface area contributed by atoms with Crippen LogP contribution in [0.2, 0.25) is 0 Å². The van der Waals surface area contributed by atoms with Crippen molar-refractivity contribution in [2.45, 2.75) is 30.8 Å². The normalized spacial score (nSPS) is 12.8. The van der Waals surface area contributed by atoms with Crippen molar-refractivity contribution in [3.05, 3.63) is 47.7 Å². The van der Waals surface area contributed by atoms with Crippen LogP contribution in [0.1, 0.15) is 25.0 Å². The summed E-state index contributed by atoms with van der Waals surface area (Å²) in [6.07, 6.45) is 0. The quantitative estimate of drug-likeness (QED) is 0.470. The van der Waals surface area contributed by atoms with E-state index >= 15 is 0 Å². The highest BCUT2D eigenvalue weighted by Crippen LogP contribution is 2.36. The fourth-order valence-corrected chi connectivity index (χ4v) is 4.22. The summed E-state index contributed by atoms with van der Waals surface area (Å²) >= 11 is 3.24. The Labute approximate surface area is 147 Å². The van der Waals surface area contributed by atoms with Crippen molar-refractivity contribution in [3.8, 4) is 10.8 Å². The van der Waals surface area contributed by atoms with E-state index in [0.29, 0.717) is 11.8 Å². The molecule has 1 aromatic carbocycles. The number of rotatable bonds is 5. The highest BCUT2D eigenvalue weighted by atomic mass is 32.2. The second-order valence-corrected chi connectivity index (χ2v) is 7.57. The third kappa shape index (κ3) is 2.74. The minimum Gasteiger partial charge on any atom is -0.419 e. The first-order valence-electron chi connectivity index (χ1n) is 7.75. The predicted octanol–water partition coefficient (Wildman–Crippen LogP) is 5.02. The minimum absolute atomic E-state index is 0.0355. The molecule has 5 nitrogen and oxygen atoms in total. The molecule has 4 rings (SSSR count). The molecule has 0 saturated heterocycles. The first-order chi connectivity index (χ1) is 11.8. The molecule has 0 fully saturated rings. The lowest BCUT2D eigenvalue weighted by molar-refractivity contribution is 0.509. The lowest BCUT2D eigenvalue weighted by Crippen LogP contribution is -1.98. The van der Waals surface area contributed by atoms with Crippen molar-refractivity contribution in [1.29, 1.82) is 0 Å². The molecule has 0 aliphatic heterocycles. The van der Waals surface area contributed by atoms with Crippen LogP contribution < -0.4 is 0 Å². The molecule has 122 valence electrons. The average molecular weight is 356 g/mol. The van der Waals surface area contributed by atoms with Crippen LogP contribution in [-0.2, 0) is 6.54 Å². The Morgan fingerprint density at radius 3 is 2.88 bits per heavy atom. The van der Waals surface area contributed by atoms with Gasteiger partial charge in [0.25, 0.3) is 5.89 Å². The maximum Gasteiger partial charge on any atom is 0.257 e. The number of aryl methyl sites for hydroxylation is 1. The van der Waals surface area contributed by atoms with E-state index in [9.17, 15) is 0 Å². The third-order valence-corrected chi connectivity index (χ3v) is 5.67. The zero-order valence-electron chi connectivity index (χ0n) is 13.3. The molecule has 3 aromatic heterocycles. The van der Waals surface area contributed by atoms with Crippen LogP contribution in [0.15, 0.2) is 51.4 Å². The summed E-state index contributed by atoms with van der Waals surface area (Å²) in [5, 5.41) is 11.4. The van der Waals surface area contributed by atoms with Crippen molar-refractivity contribution in [2.24, 2.45) is 0 Å². The van der Waals surface area contributed by atoms with Crippen molar-refractivity contribution < 1.29 is 4.42 Å². The number of thioether (sulfide) groups is 1. The van der Waals surface area contributed by atoms with Gasteiger partial charge in [0.15, 0.2) is 5.16 Å². The highest BCUT2D eigenvalue weighted by molar-refractivity contribution is 7.99. The van der Waals surface area contributed by atoms with Crippen molar-refractivity contribution in [3.63, 3.8) is 0 Å². The van der Waals surface area contributed by atoms with Gasteiger partial charge in [-0.3, -0.25) is 0 Å². The highest BCUT2D eigenvalue weighted by Gasteiger charge is 2.20. The summed E-state index contributed by atoms with van der Waals surface area (Å²) in [7, 11) is 0. The second-order valence-electron chi connectivity index (χ2n) is 5.31. The SMILES string of the molecule is CCn1c(S[C@H](C)c2nnc(-c3cccs3)o2)nc2ccccc21. The van der Waals surface area contributed by atoms with Gasteiger partial charge in [-0.15, -0.1) is 21.5 Å². The number of hydrogen-bond donors (Lipinski definition) is 0. The van der Waals surface area contributed by atoms with Gasteiger partial charge in [-0.25, -0.2) is 4.98 Å². The van der Waals surface area contributed by atoms with Gasteiger partial charge < -0.3 is 8.98 Å². The molecule has 0 amide bonds.